The van der Waals surface area contributed by atoms with E-state index in [0.29, 0.717) is 39.1 Å². The van der Waals surface area contributed by atoms with E-state index in [4.69, 9.17) is 4.74 Å². The number of rotatable bonds is 6. The van der Waals surface area contributed by atoms with E-state index in [2.05, 4.69) is 5.32 Å². The zero-order valence-corrected chi connectivity index (χ0v) is 15.2. The predicted molar refractivity (Wildman–Crippen MR) is 97.2 cm³/mol. The van der Waals surface area contributed by atoms with E-state index in [-0.39, 0.29) is 17.4 Å². The molecule has 0 aromatic heterocycles. The topological polar surface area (TPSA) is 85.7 Å². The van der Waals surface area contributed by atoms with E-state index in [9.17, 15) is 14.9 Å². The van der Waals surface area contributed by atoms with E-state index in [1.54, 1.807) is 25.1 Å². The van der Waals surface area contributed by atoms with E-state index >= 15 is 0 Å². The first-order chi connectivity index (χ1) is 12.5. The minimum absolute atomic E-state index is 0.0467. The number of nitrogens with zero attached hydrogens (tertiary/aromatic N) is 3. The summed E-state index contributed by atoms with van der Waals surface area (Å²) >= 11 is 0. The number of amides is 2. The standard InChI is InChI=1S/C19H24N4O3/c1-15(24)23-11-9-22(10-12-23)14-17(13-20)19(25)21-8-7-16-3-5-18(26-2)6-4-16/h3-6,14H,7-12H2,1-2H3,(H,21,25)/b17-14-. The maximum Gasteiger partial charge on any atom is 0.263 e. The number of nitrogens with one attached hydrogen (secondary N) is 1. The van der Waals surface area contributed by atoms with E-state index in [0.717, 1.165) is 11.3 Å². The molecule has 1 aromatic carbocycles. The molecule has 0 spiro atoms. The molecule has 1 aromatic rings. The molecule has 1 aliphatic heterocycles. The summed E-state index contributed by atoms with van der Waals surface area (Å²) in [5.74, 6) is 0.456. The van der Waals surface area contributed by atoms with Crippen LogP contribution in [0, 0.1) is 11.3 Å². The molecule has 0 radical (unpaired) electrons. The summed E-state index contributed by atoms with van der Waals surface area (Å²) in [6.45, 7) is 4.42. The Balaban J connectivity index is 1.82. The van der Waals surface area contributed by atoms with Crippen LogP contribution in [-0.2, 0) is 16.0 Å². The number of ether oxygens (including phenoxy) is 1. The third-order valence-corrected chi connectivity index (χ3v) is 4.29. The molecule has 1 N–H and O–H groups in total. The molecule has 7 heteroatoms. The molecule has 1 aliphatic rings. The Kier molecular flexibility index (Phi) is 7.03. The number of carbonyl (C=O) groups excluding carboxylic acids is 2. The monoisotopic (exact) mass is 356 g/mol. The van der Waals surface area contributed by atoms with Crippen LogP contribution in [0.2, 0.25) is 0 Å². The number of hydrogen-bond acceptors (Lipinski definition) is 5. The number of methoxy groups -OCH3 is 1. The second kappa shape index (κ2) is 9.47. The zero-order chi connectivity index (χ0) is 18.9. The van der Waals surface area contributed by atoms with Crippen molar-refractivity contribution in [3.63, 3.8) is 0 Å². The van der Waals surface area contributed by atoms with Gasteiger partial charge in [0.25, 0.3) is 5.91 Å². The number of nitriles is 1. The molecule has 2 rings (SSSR count). The van der Waals surface area contributed by atoms with Gasteiger partial charge in [0.15, 0.2) is 0 Å². The molecular weight excluding hydrogens is 332 g/mol. The summed E-state index contributed by atoms with van der Waals surface area (Å²) in [4.78, 5) is 27.2. The van der Waals surface area contributed by atoms with Gasteiger partial charge in [0.05, 0.1) is 7.11 Å². The minimum atomic E-state index is -0.380. The fourth-order valence-electron chi connectivity index (χ4n) is 2.69. The van der Waals surface area contributed by atoms with Gasteiger partial charge < -0.3 is 19.9 Å². The van der Waals surface area contributed by atoms with Gasteiger partial charge in [0, 0.05) is 45.8 Å². The number of benzene rings is 1. The van der Waals surface area contributed by atoms with Crippen LogP contribution in [0.5, 0.6) is 5.75 Å². The maximum absolute atomic E-state index is 12.2. The first-order valence-electron chi connectivity index (χ1n) is 8.56. The smallest absolute Gasteiger partial charge is 0.263 e. The van der Waals surface area contributed by atoms with Crippen LogP contribution in [0.4, 0.5) is 0 Å². The fraction of sp³-hybridized carbons (Fsp3) is 0.421. The molecule has 1 saturated heterocycles. The third kappa shape index (κ3) is 5.52. The normalized spacial score (nSPS) is 14.6. The average Bonchev–Trinajstić information content (AvgIpc) is 2.66. The highest BCUT2D eigenvalue weighted by atomic mass is 16.5. The van der Waals surface area contributed by atoms with Crippen LogP contribution in [0.3, 0.4) is 0 Å². The minimum Gasteiger partial charge on any atom is -0.497 e. The lowest BCUT2D eigenvalue weighted by molar-refractivity contribution is -0.130. The van der Waals surface area contributed by atoms with Crippen molar-refractivity contribution in [1.82, 2.24) is 15.1 Å². The summed E-state index contributed by atoms with van der Waals surface area (Å²) in [5, 5.41) is 12.0. The Morgan fingerprint density at radius 2 is 1.88 bits per heavy atom. The molecule has 0 atom stereocenters. The van der Waals surface area contributed by atoms with Crippen molar-refractivity contribution in [3.8, 4) is 11.8 Å². The lowest BCUT2D eigenvalue weighted by Gasteiger charge is -2.33. The molecule has 1 fully saturated rings. The molecule has 1 heterocycles. The van der Waals surface area contributed by atoms with Gasteiger partial charge in [-0.3, -0.25) is 9.59 Å². The average molecular weight is 356 g/mol. The Labute approximate surface area is 153 Å². The van der Waals surface area contributed by atoms with Crippen LogP contribution in [-0.4, -0.2) is 61.4 Å². The van der Waals surface area contributed by atoms with Crippen molar-refractivity contribution in [2.75, 3.05) is 39.8 Å². The summed E-state index contributed by atoms with van der Waals surface area (Å²) in [6.07, 6.45) is 2.26. The Hall–Kier alpha value is -3.01. The molecule has 0 saturated carbocycles. The lowest BCUT2D eigenvalue weighted by atomic mass is 10.1. The van der Waals surface area contributed by atoms with E-state index in [1.807, 2.05) is 35.2 Å². The molecule has 0 aliphatic carbocycles. The molecule has 2 amide bonds. The Morgan fingerprint density at radius 3 is 2.42 bits per heavy atom. The van der Waals surface area contributed by atoms with Gasteiger partial charge in [-0.1, -0.05) is 12.1 Å². The van der Waals surface area contributed by atoms with Gasteiger partial charge >= 0.3 is 0 Å². The number of carbonyl (C=O) groups is 2. The summed E-state index contributed by atoms with van der Waals surface area (Å²) < 4.78 is 5.11. The van der Waals surface area contributed by atoms with Crippen LogP contribution < -0.4 is 10.1 Å². The highest BCUT2D eigenvalue weighted by molar-refractivity contribution is 5.97. The molecule has 138 valence electrons. The summed E-state index contributed by atoms with van der Waals surface area (Å²) in [5.41, 5.74) is 1.16. The second-order valence-electron chi connectivity index (χ2n) is 6.05. The van der Waals surface area contributed by atoms with E-state index in [1.165, 1.54) is 0 Å². The van der Waals surface area contributed by atoms with Crippen molar-refractivity contribution in [1.29, 1.82) is 5.26 Å². The van der Waals surface area contributed by atoms with E-state index < -0.39 is 0 Å². The van der Waals surface area contributed by atoms with Gasteiger partial charge in [-0.15, -0.1) is 0 Å². The van der Waals surface area contributed by atoms with Crippen molar-refractivity contribution < 1.29 is 14.3 Å². The largest absolute Gasteiger partial charge is 0.497 e. The van der Waals surface area contributed by atoms with Crippen LogP contribution in [0.1, 0.15) is 12.5 Å². The summed E-state index contributed by atoms with van der Waals surface area (Å²) in [6, 6.07) is 9.59. The van der Waals surface area contributed by atoms with Crippen molar-refractivity contribution in [3.05, 3.63) is 41.6 Å². The van der Waals surface area contributed by atoms with Crippen molar-refractivity contribution in [2.45, 2.75) is 13.3 Å². The molecular formula is C19H24N4O3. The molecule has 26 heavy (non-hydrogen) atoms. The zero-order valence-electron chi connectivity index (χ0n) is 15.2. The highest BCUT2D eigenvalue weighted by Gasteiger charge is 2.18. The Bertz CT molecular complexity index is 698. The lowest BCUT2D eigenvalue weighted by Crippen LogP contribution is -2.46. The fourth-order valence-corrected chi connectivity index (χ4v) is 2.69. The molecule has 7 nitrogen and oxygen atoms in total. The number of piperazine rings is 1. The van der Waals surface area contributed by atoms with Crippen LogP contribution >= 0.6 is 0 Å². The molecule has 0 bridgehead atoms. The van der Waals surface area contributed by atoms with Crippen LogP contribution in [0.15, 0.2) is 36.0 Å². The molecule has 0 unspecified atom stereocenters. The van der Waals surface area contributed by atoms with Gasteiger partial charge in [0.2, 0.25) is 5.91 Å². The van der Waals surface area contributed by atoms with Gasteiger partial charge in [-0.25, -0.2) is 0 Å². The predicted octanol–water partition coefficient (Wildman–Crippen LogP) is 0.925. The first-order valence-corrected chi connectivity index (χ1v) is 8.56. The second-order valence-corrected chi connectivity index (χ2v) is 6.05. The first kappa shape index (κ1) is 19.3. The summed E-state index contributed by atoms with van der Waals surface area (Å²) in [7, 11) is 1.62. The van der Waals surface area contributed by atoms with Gasteiger partial charge in [-0.2, -0.15) is 5.26 Å². The third-order valence-electron chi connectivity index (χ3n) is 4.29. The maximum atomic E-state index is 12.2. The quantitative estimate of drug-likeness (QED) is 0.605. The van der Waals surface area contributed by atoms with Gasteiger partial charge in [0.1, 0.15) is 17.4 Å². The van der Waals surface area contributed by atoms with Crippen LogP contribution in [0.25, 0.3) is 0 Å². The van der Waals surface area contributed by atoms with Crippen molar-refractivity contribution in [2.24, 2.45) is 0 Å². The highest BCUT2D eigenvalue weighted by Crippen LogP contribution is 2.11. The van der Waals surface area contributed by atoms with Crippen molar-refractivity contribution >= 4 is 11.8 Å². The SMILES string of the molecule is COc1ccc(CCNC(=O)/C(C#N)=C\N2CCN(C(C)=O)CC2)cc1. The Morgan fingerprint density at radius 1 is 1.23 bits per heavy atom. The van der Waals surface area contributed by atoms with Gasteiger partial charge in [-0.05, 0) is 24.1 Å². The number of hydrogen-bond donors (Lipinski definition) is 1.